The minimum absolute atomic E-state index is 0. The molecular weight excluding hydrogens is 346 g/mol. The van der Waals surface area contributed by atoms with E-state index in [0.717, 1.165) is 5.56 Å². The zero-order valence-corrected chi connectivity index (χ0v) is 15.2. The molecule has 0 aliphatic heterocycles. The molecular formula is C16H22ClN5O3. The maximum Gasteiger partial charge on any atom is 0.308 e. The van der Waals surface area contributed by atoms with E-state index in [4.69, 9.17) is 10.5 Å². The molecule has 9 heteroatoms. The molecule has 0 saturated carbocycles. The van der Waals surface area contributed by atoms with E-state index in [9.17, 15) is 9.59 Å². The summed E-state index contributed by atoms with van der Waals surface area (Å²) in [6, 6.07) is 8.32. The van der Waals surface area contributed by atoms with E-state index in [0.29, 0.717) is 5.82 Å². The Bertz CT molecular complexity index is 712. The summed E-state index contributed by atoms with van der Waals surface area (Å²) in [5.41, 5.74) is 5.95. The monoisotopic (exact) mass is 367 g/mol. The Morgan fingerprint density at radius 1 is 1.24 bits per heavy atom. The lowest BCUT2D eigenvalue weighted by Gasteiger charge is -2.20. The minimum atomic E-state index is -0.967. The number of halogens is 1. The summed E-state index contributed by atoms with van der Waals surface area (Å²) in [4.78, 5) is 25.0. The summed E-state index contributed by atoms with van der Waals surface area (Å²) in [5, 5.41) is 11.9. The second-order valence-electron chi connectivity index (χ2n) is 6.37. The van der Waals surface area contributed by atoms with Crippen molar-refractivity contribution in [2.75, 3.05) is 0 Å². The van der Waals surface area contributed by atoms with E-state index in [2.05, 4.69) is 15.4 Å². The van der Waals surface area contributed by atoms with Crippen LogP contribution in [0.4, 0.5) is 0 Å². The lowest BCUT2D eigenvalue weighted by molar-refractivity contribution is -0.156. The Hall–Kier alpha value is -2.32. The highest BCUT2D eigenvalue weighted by Crippen LogP contribution is 2.12. The number of hydrogen-bond donors (Lipinski definition) is 1. The molecule has 2 aromatic rings. The number of esters is 1. The van der Waals surface area contributed by atoms with Gasteiger partial charge in [0.15, 0.2) is 5.78 Å². The number of ketones is 1. The molecule has 25 heavy (non-hydrogen) atoms. The van der Waals surface area contributed by atoms with Crippen LogP contribution in [0.15, 0.2) is 30.3 Å². The van der Waals surface area contributed by atoms with Gasteiger partial charge in [-0.25, -0.2) is 0 Å². The molecule has 1 unspecified atom stereocenters. The molecule has 2 N–H and O–H groups in total. The number of carbonyl (C=O) groups is 2. The van der Waals surface area contributed by atoms with Gasteiger partial charge in [0, 0.05) is 5.56 Å². The zero-order valence-electron chi connectivity index (χ0n) is 14.4. The summed E-state index contributed by atoms with van der Waals surface area (Å²) >= 11 is 0. The van der Waals surface area contributed by atoms with Gasteiger partial charge in [0.2, 0.25) is 5.82 Å². The van der Waals surface area contributed by atoms with Crippen molar-refractivity contribution in [3.8, 4) is 11.4 Å². The number of Topliss-reactive ketones (excluding diaryl/α,β-unsaturated/α-hetero) is 1. The number of benzene rings is 1. The number of rotatable bonds is 6. The topological polar surface area (TPSA) is 113 Å². The van der Waals surface area contributed by atoms with Crippen LogP contribution in [0.5, 0.6) is 0 Å². The molecule has 0 aliphatic carbocycles. The summed E-state index contributed by atoms with van der Waals surface area (Å²) in [5.74, 6) is -0.457. The van der Waals surface area contributed by atoms with E-state index in [1.807, 2.05) is 30.3 Å². The van der Waals surface area contributed by atoms with Crippen LogP contribution in [-0.4, -0.2) is 43.6 Å². The summed E-state index contributed by atoms with van der Waals surface area (Å²) < 4.78 is 5.15. The van der Waals surface area contributed by atoms with Crippen molar-refractivity contribution in [3.63, 3.8) is 0 Å². The number of hydrogen-bond acceptors (Lipinski definition) is 7. The molecule has 136 valence electrons. The van der Waals surface area contributed by atoms with E-state index in [1.54, 1.807) is 20.8 Å². The lowest BCUT2D eigenvalue weighted by Crippen LogP contribution is -2.37. The molecule has 1 atom stereocenters. The summed E-state index contributed by atoms with van der Waals surface area (Å²) in [6.45, 7) is 5.11. The number of carbonyl (C=O) groups excluding carboxylic acids is 2. The summed E-state index contributed by atoms with van der Waals surface area (Å²) in [7, 11) is 0. The standard InChI is InChI=1S/C16H21N5O3.ClH/c1-16(2,3)24-14(23)9-12(17)13(22)10-21-19-15(18-20-21)11-7-5-4-6-8-11;/h4-8,12H,9-10,17H2,1-3H3;1H. The minimum Gasteiger partial charge on any atom is -0.460 e. The fourth-order valence-electron chi connectivity index (χ4n) is 1.95. The van der Waals surface area contributed by atoms with E-state index < -0.39 is 17.6 Å². The number of aromatic nitrogens is 4. The van der Waals surface area contributed by atoms with Gasteiger partial charge in [-0.15, -0.1) is 22.6 Å². The van der Waals surface area contributed by atoms with Crippen LogP contribution in [0.2, 0.25) is 0 Å². The van der Waals surface area contributed by atoms with Crippen LogP contribution in [-0.2, 0) is 20.9 Å². The first-order valence-electron chi connectivity index (χ1n) is 7.58. The van der Waals surface area contributed by atoms with Crippen molar-refractivity contribution in [2.24, 2.45) is 5.73 Å². The van der Waals surface area contributed by atoms with Crippen LogP contribution in [0, 0.1) is 0 Å². The Morgan fingerprint density at radius 3 is 2.48 bits per heavy atom. The maximum atomic E-state index is 12.1. The highest BCUT2D eigenvalue weighted by atomic mass is 35.5. The Kier molecular flexibility index (Phi) is 7.20. The molecule has 0 aliphatic rings. The quantitative estimate of drug-likeness (QED) is 0.767. The average Bonchev–Trinajstić information content (AvgIpc) is 2.94. The number of nitrogens with two attached hydrogens (primary N) is 1. The largest absolute Gasteiger partial charge is 0.460 e. The van der Waals surface area contributed by atoms with E-state index >= 15 is 0 Å². The molecule has 1 aromatic carbocycles. The molecule has 0 saturated heterocycles. The molecule has 0 spiro atoms. The van der Waals surface area contributed by atoms with Gasteiger partial charge in [-0.1, -0.05) is 30.3 Å². The van der Waals surface area contributed by atoms with Gasteiger partial charge in [0.25, 0.3) is 0 Å². The summed E-state index contributed by atoms with van der Waals surface area (Å²) in [6.07, 6.45) is -0.184. The average molecular weight is 368 g/mol. The van der Waals surface area contributed by atoms with Gasteiger partial charge in [-0.2, -0.15) is 4.80 Å². The Morgan fingerprint density at radius 2 is 1.88 bits per heavy atom. The van der Waals surface area contributed by atoms with Gasteiger partial charge in [-0.05, 0) is 26.0 Å². The molecule has 0 bridgehead atoms. The van der Waals surface area contributed by atoms with Crippen LogP contribution < -0.4 is 5.73 Å². The zero-order chi connectivity index (χ0) is 17.7. The fourth-order valence-corrected chi connectivity index (χ4v) is 1.95. The number of ether oxygens (including phenoxy) is 1. The SMILES string of the molecule is CC(C)(C)OC(=O)CC(N)C(=O)Cn1nnc(-c2ccccc2)n1.Cl. The third-order valence-electron chi connectivity index (χ3n) is 3.00. The number of nitrogens with zero attached hydrogens (tertiary/aromatic N) is 4. The Labute approximate surface area is 152 Å². The molecule has 1 aromatic heterocycles. The highest BCUT2D eigenvalue weighted by molar-refractivity contribution is 5.87. The second-order valence-corrected chi connectivity index (χ2v) is 6.37. The van der Waals surface area contributed by atoms with E-state index in [1.165, 1.54) is 4.80 Å². The smallest absolute Gasteiger partial charge is 0.308 e. The molecule has 1 heterocycles. The van der Waals surface area contributed by atoms with Crippen LogP contribution in [0.25, 0.3) is 11.4 Å². The third-order valence-corrected chi connectivity index (χ3v) is 3.00. The van der Waals surface area contributed by atoms with E-state index in [-0.39, 0.29) is 31.2 Å². The maximum absolute atomic E-state index is 12.1. The second kappa shape index (κ2) is 8.68. The molecule has 0 amide bonds. The van der Waals surface area contributed by atoms with Crippen molar-refractivity contribution < 1.29 is 14.3 Å². The van der Waals surface area contributed by atoms with Crippen LogP contribution in [0.1, 0.15) is 27.2 Å². The molecule has 2 rings (SSSR count). The van der Waals surface area contributed by atoms with Crippen LogP contribution in [0.3, 0.4) is 0 Å². The molecule has 0 fully saturated rings. The first-order valence-corrected chi connectivity index (χ1v) is 7.58. The van der Waals surface area contributed by atoms with Crippen molar-refractivity contribution in [1.82, 2.24) is 20.2 Å². The normalized spacial score (nSPS) is 12.2. The third kappa shape index (κ3) is 6.60. The van der Waals surface area contributed by atoms with Gasteiger partial charge in [0.05, 0.1) is 12.5 Å². The first-order chi connectivity index (χ1) is 11.2. The fraction of sp³-hybridized carbons (Fsp3) is 0.438. The van der Waals surface area contributed by atoms with Crippen molar-refractivity contribution in [2.45, 2.75) is 45.4 Å². The molecule has 8 nitrogen and oxygen atoms in total. The lowest BCUT2D eigenvalue weighted by atomic mass is 10.1. The van der Waals surface area contributed by atoms with Gasteiger partial charge in [-0.3, -0.25) is 9.59 Å². The first kappa shape index (κ1) is 20.7. The van der Waals surface area contributed by atoms with Crippen molar-refractivity contribution in [1.29, 1.82) is 0 Å². The van der Waals surface area contributed by atoms with Gasteiger partial charge in [0.1, 0.15) is 12.1 Å². The predicted molar refractivity (Wildman–Crippen MR) is 93.9 cm³/mol. The molecule has 0 radical (unpaired) electrons. The highest BCUT2D eigenvalue weighted by Gasteiger charge is 2.23. The predicted octanol–water partition coefficient (Wildman–Crippen LogP) is 1.39. The number of tetrazole rings is 1. The van der Waals surface area contributed by atoms with Gasteiger partial charge < -0.3 is 10.5 Å². The van der Waals surface area contributed by atoms with Crippen molar-refractivity contribution >= 4 is 24.2 Å². The van der Waals surface area contributed by atoms with Crippen molar-refractivity contribution in [3.05, 3.63) is 30.3 Å². The Balaban J connectivity index is 0.00000312. The van der Waals surface area contributed by atoms with Crippen LogP contribution >= 0.6 is 12.4 Å². The van der Waals surface area contributed by atoms with Gasteiger partial charge >= 0.3 is 5.97 Å².